The molecule has 23 heavy (non-hydrogen) atoms. The van der Waals surface area contributed by atoms with Gasteiger partial charge in [0.15, 0.2) is 0 Å². The number of carbonyl (C=O) groups excluding carboxylic acids is 2. The molecule has 2 atom stereocenters. The number of benzene rings is 1. The number of nitrogens with zero attached hydrogens (tertiary/aromatic N) is 1. The number of esters is 1. The van der Waals surface area contributed by atoms with E-state index in [0.717, 1.165) is 18.5 Å². The molecule has 1 unspecified atom stereocenters. The molecule has 1 heterocycles. The summed E-state index contributed by atoms with van der Waals surface area (Å²) in [4.78, 5) is 25.7. The summed E-state index contributed by atoms with van der Waals surface area (Å²) in [6, 6.07) is 6.67. The lowest BCUT2D eigenvalue weighted by Crippen LogP contribution is -2.41. The van der Waals surface area contributed by atoms with E-state index in [2.05, 4.69) is 19.6 Å². The minimum Gasteiger partial charge on any atom is -0.468 e. The lowest BCUT2D eigenvalue weighted by atomic mass is 9.90. The summed E-state index contributed by atoms with van der Waals surface area (Å²) in [5.74, 6) is -0.0731. The van der Waals surface area contributed by atoms with Crippen LogP contribution >= 0.6 is 24.2 Å². The summed E-state index contributed by atoms with van der Waals surface area (Å²) in [7, 11) is 1.37. The van der Waals surface area contributed by atoms with Crippen molar-refractivity contribution in [1.29, 1.82) is 0 Å². The van der Waals surface area contributed by atoms with Gasteiger partial charge in [-0.3, -0.25) is 9.69 Å². The Balaban J connectivity index is 2.35. The molecule has 0 bridgehead atoms. The summed E-state index contributed by atoms with van der Waals surface area (Å²) < 4.78 is 4.98. The van der Waals surface area contributed by atoms with Gasteiger partial charge in [0.05, 0.1) is 7.11 Å². The fourth-order valence-electron chi connectivity index (χ4n) is 2.86. The molecule has 2 rings (SSSR count). The van der Waals surface area contributed by atoms with Crippen molar-refractivity contribution in [2.45, 2.75) is 19.4 Å². The molecule has 124 valence electrons. The third-order valence-corrected chi connectivity index (χ3v) is 4.64. The molecule has 0 saturated carbocycles. The number of carbonyl (C=O) groups is 2. The number of rotatable bonds is 4. The highest BCUT2D eigenvalue weighted by molar-refractivity contribution is 7.97. The van der Waals surface area contributed by atoms with Gasteiger partial charge in [0.1, 0.15) is 6.04 Å². The molecule has 0 spiro atoms. The van der Waals surface area contributed by atoms with Crippen LogP contribution in [0.3, 0.4) is 0 Å². The summed E-state index contributed by atoms with van der Waals surface area (Å²) >= 11 is 10.1. The normalized spacial score (nSPS) is 21.9. The average molecular weight is 354 g/mol. The number of piperidine rings is 1. The Kier molecular flexibility index (Phi) is 6.27. The molecular weight excluding hydrogens is 334 g/mol. The largest absolute Gasteiger partial charge is 0.468 e. The van der Waals surface area contributed by atoms with Crippen molar-refractivity contribution in [2.75, 3.05) is 20.2 Å². The molecule has 1 aliphatic heterocycles. The van der Waals surface area contributed by atoms with Crippen molar-refractivity contribution in [3.8, 4) is 0 Å². The van der Waals surface area contributed by atoms with Crippen LogP contribution in [0.2, 0.25) is 5.02 Å². The summed E-state index contributed by atoms with van der Waals surface area (Å²) in [5, 5.41) is 0.249. The van der Waals surface area contributed by atoms with Crippen LogP contribution in [0.15, 0.2) is 35.9 Å². The molecule has 0 radical (unpaired) electrons. The van der Waals surface area contributed by atoms with Crippen LogP contribution in [-0.2, 0) is 14.3 Å². The Bertz CT molecular complexity index is 632. The molecule has 0 aliphatic carbocycles. The van der Waals surface area contributed by atoms with Gasteiger partial charge < -0.3 is 4.74 Å². The van der Waals surface area contributed by atoms with Crippen molar-refractivity contribution < 1.29 is 14.3 Å². The fourth-order valence-corrected chi connectivity index (χ4v) is 3.27. The maximum atomic E-state index is 12.4. The average Bonchev–Trinajstić information content (AvgIpc) is 2.51. The number of hydrogen-bond donors (Lipinski definition) is 1. The Morgan fingerprint density at radius 1 is 1.43 bits per heavy atom. The lowest BCUT2D eigenvalue weighted by Gasteiger charge is -2.37. The molecular formula is C17H20ClNO3S. The van der Waals surface area contributed by atoms with Crippen LogP contribution < -0.4 is 0 Å². The Morgan fingerprint density at radius 3 is 2.74 bits per heavy atom. The monoisotopic (exact) mass is 353 g/mol. The predicted octanol–water partition coefficient (Wildman–Crippen LogP) is 3.28. The van der Waals surface area contributed by atoms with Gasteiger partial charge >= 0.3 is 5.97 Å². The van der Waals surface area contributed by atoms with E-state index in [4.69, 9.17) is 16.3 Å². The molecule has 0 aromatic heterocycles. The number of likely N-dealkylation sites (tertiary alicyclic amines) is 1. The van der Waals surface area contributed by atoms with Crippen LogP contribution in [-0.4, -0.2) is 36.2 Å². The van der Waals surface area contributed by atoms with E-state index in [0.29, 0.717) is 17.1 Å². The van der Waals surface area contributed by atoms with Gasteiger partial charge in [-0.15, -0.1) is 12.6 Å². The van der Waals surface area contributed by atoms with Gasteiger partial charge in [-0.2, -0.15) is 0 Å². The minimum atomic E-state index is -0.584. The zero-order valence-corrected chi connectivity index (χ0v) is 14.8. The van der Waals surface area contributed by atoms with Crippen LogP contribution in [0.4, 0.5) is 0 Å². The van der Waals surface area contributed by atoms with Crippen LogP contribution in [0.1, 0.15) is 24.9 Å². The molecule has 1 aliphatic rings. The van der Waals surface area contributed by atoms with Gasteiger partial charge in [0, 0.05) is 18.1 Å². The van der Waals surface area contributed by atoms with Gasteiger partial charge in [0.2, 0.25) is 5.12 Å². The number of halogens is 1. The first-order valence-electron chi connectivity index (χ1n) is 7.43. The number of thiol groups is 1. The first-order valence-corrected chi connectivity index (χ1v) is 8.26. The van der Waals surface area contributed by atoms with Crippen molar-refractivity contribution in [2.24, 2.45) is 5.92 Å². The van der Waals surface area contributed by atoms with Crippen molar-refractivity contribution in [3.05, 3.63) is 46.5 Å². The Labute approximate surface area is 146 Å². The van der Waals surface area contributed by atoms with E-state index in [1.807, 2.05) is 23.1 Å². The Morgan fingerprint density at radius 2 is 2.13 bits per heavy atom. The minimum absolute atomic E-state index is 0.277. The predicted molar refractivity (Wildman–Crippen MR) is 93.6 cm³/mol. The fraction of sp³-hybridized carbons (Fsp3) is 0.412. The van der Waals surface area contributed by atoms with Gasteiger partial charge in [-0.05, 0) is 35.6 Å². The van der Waals surface area contributed by atoms with Crippen molar-refractivity contribution in [1.82, 2.24) is 4.90 Å². The number of hydrogen-bond acceptors (Lipinski definition) is 4. The summed E-state index contributed by atoms with van der Waals surface area (Å²) in [6.07, 6.45) is 2.39. The second-order valence-electron chi connectivity index (χ2n) is 5.66. The molecule has 1 fully saturated rings. The standard InChI is InChI=1S/C17H20ClNO3S/c1-11-7-8-19(10-12(11)9-15(20)23)16(17(21)22-2)13-5-3-4-6-14(13)18/h3-6,9,11,16H,7-8,10H2,1-2H3,(H,20,23)/b12-9-/t11?,16-/m0/s1. The van der Waals surface area contributed by atoms with Crippen LogP contribution in [0, 0.1) is 5.92 Å². The van der Waals surface area contributed by atoms with Crippen LogP contribution in [0.25, 0.3) is 0 Å². The van der Waals surface area contributed by atoms with E-state index in [9.17, 15) is 9.59 Å². The number of ether oxygens (including phenoxy) is 1. The second-order valence-corrected chi connectivity index (χ2v) is 6.51. The van der Waals surface area contributed by atoms with Gasteiger partial charge in [0.25, 0.3) is 0 Å². The zero-order chi connectivity index (χ0) is 17.0. The van der Waals surface area contributed by atoms with E-state index < -0.39 is 6.04 Å². The van der Waals surface area contributed by atoms with Gasteiger partial charge in [-0.1, -0.05) is 36.7 Å². The smallest absolute Gasteiger partial charge is 0.327 e. The highest BCUT2D eigenvalue weighted by Gasteiger charge is 2.33. The van der Waals surface area contributed by atoms with E-state index in [1.54, 1.807) is 12.1 Å². The maximum Gasteiger partial charge on any atom is 0.327 e. The summed E-state index contributed by atoms with van der Waals surface area (Å²) in [6.45, 7) is 3.31. The summed E-state index contributed by atoms with van der Waals surface area (Å²) in [5.41, 5.74) is 1.68. The molecule has 1 aromatic rings. The van der Waals surface area contributed by atoms with Gasteiger partial charge in [-0.25, -0.2) is 4.79 Å². The first-order chi connectivity index (χ1) is 10.9. The molecule has 0 N–H and O–H groups in total. The zero-order valence-electron chi connectivity index (χ0n) is 13.2. The second kappa shape index (κ2) is 7.99. The molecule has 0 amide bonds. The van der Waals surface area contributed by atoms with E-state index in [-0.39, 0.29) is 17.0 Å². The van der Waals surface area contributed by atoms with E-state index in [1.165, 1.54) is 7.11 Å². The third-order valence-electron chi connectivity index (χ3n) is 4.17. The number of methoxy groups -OCH3 is 1. The highest BCUT2D eigenvalue weighted by atomic mass is 35.5. The molecule has 4 nitrogen and oxygen atoms in total. The molecule has 6 heteroatoms. The quantitative estimate of drug-likeness (QED) is 0.512. The topological polar surface area (TPSA) is 46.6 Å². The highest BCUT2D eigenvalue weighted by Crippen LogP contribution is 2.33. The molecule has 1 saturated heterocycles. The van der Waals surface area contributed by atoms with Crippen molar-refractivity contribution >= 4 is 35.3 Å². The maximum absolute atomic E-state index is 12.4. The van der Waals surface area contributed by atoms with Crippen molar-refractivity contribution in [3.63, 3.8) is 0 Å². The first kappa shape index (κ1) is 18.0. The SMILES string of the molecule is COC(=O)[C@H](c1ccccc1Cl)N1CCC(C)/C(=C\C(=O)S)C1. The third kappa shape index (κ3) is 4.37. The van der Waals surface area contributed by atoms with E-state index >= 15 is 0 Å². The molecule has 1 aromatic carbocycles. The lowest BCUT2D eigenvalue weighted by molar-refractivity contribution is -0.147. The Hall–Kier alpha value is -1.30. The van der Waals surface area contributed by atoms with Crippen LogP contribution in [0.5, 0.6) is 0 Å².